The molecule has 0 aromatic heterocycles. The van der Waals surface area contributed by atoms with Crippen LogP contribution in [-0.4, -0.2) is 5.91 Å². The van der Waals surface area contributed by atoms with Gasteiger partial charge in [0.15, 0.2) is 0 Å². The van der Waals surface area contributed by atoms with Crippen molar-refractivity contribution in [1.82, 2.24) is 5.32 Å². The van der Waals surface area contributed by atoms with E-state index in [4.69, 9.17) is 11.0 Å². The summed E-state index contributed by atoms with van der Waals surface area (Å²) in [6.45, 7) is 0.420. The number of carbonyl (C=O) groups excluding carboxylic acids is 1. The van der Waals surface area contributed by atoms with Gasteiger partial charge in [-0.3, -0.25) is 4.79 Å². The van der Waals surface area contributed by atoms with Gasteiger partial charge >= 0.3 is 0 Å². The van der Waals surface area contributed by atoms with Gasteiger partial charge in [0.2, 0.25) is 5.91 Å². The lowest BCUT2D eigenvalue weighted by atomic mass is 10.1. The topological polar surface area (TPSA) is 78.9 Å². The van der Waals surface area contributed by atoms with E-state index in [1.54, 1.807) is 30.3 Å². The number of nitrogen functional groups attached to an aromatic ring is 1. The first kappa shape index (κ1) is 13.6. The molecule has 0 fully saturated rings. The third kappa shape index (κ3) is 3.85. The van der Waals surface area contributed by atoms with E-state index in [2.05, 4.69) is 11.4 Å². The highest BCUT2D eigenvalue weighted by molar-refractivity contribution is 5.78. The van der Waals surface area contributed by atoms with Crippen LogP contribution in [0.4, 0.5) is 5.69 Å². The third-order valence-electron chi connectivity index (χ3n) is 2.89. The third-order valence-corrected chi connectivity index (χ3v) is 2.89. The van der Waals surface area contributed by atoms with Crippen molar-refractivity contribution in [3.8, 4) is 6.07 Å². The molecule has 4 heteroatoms. The van der Waals surface area contributed by atoms with Crippen LogP contribution in [0, 0.1) is 11.3 Å². The highest BCUT2D eigenvalue weighted by Crippen LogP contribution is 2.07. The summed E-state index contributed by atoms with van der Waals surface area (Å²) in [7, 11) is 0. The van der Waals surface area contributed by atoms with Gasteiger partial charge < -0.3 is 11.1 Å². The summed E-state index contributed by atoms with van der Waals surface area (Å²) in [6, 6.07) is 16.5. The number of benzene rings is 2. The van der Waals surface area contributed by atoms with Crippen molar-refractivity contribution in [3.05, 3.63) is 65.2 Å². The van der Waals surface area contributed by atoms with Crippen molar-refractivity contribution in [1.29, 1.82) is 5.26 Å². The van der Waals surface area contributed by atoms with E-state index in [1.165, 1.54) is 0 Å². The molecule has 1 amide bonds. The van der Waals surface area contributed by atoms with E-state index >= 15 is 0 Å². The van der Waals surface area contributed by atoms with E-state index < -0.39 is 0 Å². The molecule has 2 aromatic rings. The van der Waals surface area contributed by atoms with E-state index in [0.29, 0.717) is 24.2 Å². The van der Waals surface area contributed by atoms with Gasteiger partial charge in [-0.1, -0.05) is 24.3 Å². The molecule has 0 saturated heterocycles. The van der Waals surface area contributed by atoms with Crippen LogP contribution in [0.15, 0.2) is 48.5 Å². The summed E-state index contributed by atoms with van der Waals surface area (Å²) >= 11 is 0. The second kappa shape index (κ2) is 6.39. The molecule has 0 atom stereocenters. The Labute approximate surface area is 117 Å². The number of nitrogens with two attached hydrogens (primary N) is 1. The van der Waals surface area contributed by atoms with Crippen molar-refractivity contribution in [2.24, 2.45) is 0 Å². The van der Waals surface area contributed by atoms with Gasteiger partial charge in [0.05, 0.1) is 18.1 Å². The van der Waals surface area contributed by atoms with Crippen LogP contribution < -0.4 is 11.1 Å². The zero-order chi connectivity index (χ0) is 14.4. The maximum Gasteiger partial charge on any atom is 0.224 e. The van der Waals surface area contributed by atoms with Gasteiger partial charge in [0.1, 0.15) is 0 Å². The first-order chi connectivity index (χ1) is 9.67. The first-order valence-electron chi connectivity index (χ1n) is 6.27. The molecule has 0 bridgehead atoms. The van der Waals surface area contributed by atoms with Gasteiger partial charge in [-0.2, -0.15) is 5.26 Å². The molecule has 20 heavy (non-hydrogen) atoms. The van der Waals surface area contributed by atoms with Crippen LogP contribution in [0.25, 0.3) is 0 Å². The largest absolute Gasteiger partial charge is 0.399 e. The van der Waals surface area contributed by atoms with Crippen LogP contribution in [-0.2, 0) is 17.8 Å². The smallest absolute Gasteiger partial charge is 0.224 e. The van der Waals surface area contributed by atoms with Crippen molar-refractivity contribution < 1.29 is 4.79 Å². The van der Waals surface area contributed by atoms with E-state index in [1.807, 2.05) is 18.2 Å². The molecular formula is C16H15N3O. The quantitative estimate of drug-likeness (QED) is 0.830. The molecule has 3 N–H and O–H groups in total. The van der Waals surface area contributed by atoms with Gasteiger partial charge in [-0.15, -0.1) is 0 Å². The van der Waals surface area contributed by atoms with Crippen molar-refractivity contribution in [3.63, 3.8) is 0 Å². The Morgan fingerprint density at radius 1 is 1.15 bits per heavy atom. The molecule has 0 spiro atoms. The minimum atomic E-state index is -0.0582. The molecule has 0 aliphatic carbocycles. The fourth-order valence-electron chi connectivity index (χ4n) is 1.83. The molecule has 4 nitrogen and oxygen atoms in total. The maximum absolute atomic E-state index is 11.8. The summed E-state index contributed by atoms with van der Waals surface area (Å²) in [6.07, 6.45) is 0.318. The summed E-state index contributed by atoms with van der Waals surface area (Å²) in [5.41, 5.74) is 8.70. The van der Waals surface area contributed by atoms with Crippen LogP contribution in [0.1, 0.15) is 16.7 Å². The number of nitrogens with zero attached hydrogens (tertiary/aromatic N) is 1. The van der Waals surface area contributed by atoms with Crippen LogP contribution >= 0.6 is 0 Å². The lowest BCUT2D eigenvalue weighted by Gasteiger charge is -2.06. The Morgan fingerprint density at radius 2 is 1.90 bits per heavy atom. The molecule has 0 unspecified atom stereocenters. The number of rotatable bonds is 4. The Morgan fingerprint density at radius 3 is 2.60 bits per heavy atom. The SMILES string of the molecule is N#Cc1cccc(CNC(=O)Cc2ccc(N)cc2)c1. The minimum absolute atomic E-state index is 0.0582. The summed E-state index contributed by atoms with van der Waals surface area (Å²) in [5, 5.41) is 11.6. The lowest BCUT2D eigenvalue weighted by Crippen LogP contribution is -2.24. The number of anilines is 1. The molecule has 2 rings (SSSR count). The number of nitrogens with one attached hydrogen (secondary N) is 1. The van der Waals surface area contributed by atoms with E-state index in [-0.39, 0.29) is 5.91 Å². The lowest BCUT2D eigenvalue weighted by molar-refractivity contribution is -0.120. The molecule has 100 valence electrons. The fourth-order valence-corrected chi connectivity index (χ4v) is 1.83. The van der Waals surface area contributed by atoms with E-state index in [0.717, 1.165) is 11.1 Å². The molecule has 2 aromatic carbocycles. The fraction of sp³-hybridized carbons (Fsp3) is 0.125. The first-order valence-corrected chi connectivity index (χ1v) is 6.27. The van der Waals surface area contributed by atoms with Gasteiger partial charge in [0, 0.05) is 12.2 Å². The van der Waals surface area contributed by atoms with Crippen molar-refractivity contribution >= 4 is 11.6 Å². The standard InChI is InChI=1S/C16H15N3O/c17-10-13-2-1-3-14(8-13)11-19-16(20)9-12-4-6-15(18)7-5-12/h1-8H,9,11,18H2,(H,19,20). The zero-order valence-corrected chi connectivity index (χ0v) is 11.0. The van der Waals surface area contributed by atoms with Crippen LogP contribution in [0.3, 0.4) is 0 Å². The number of amides is 1. The average Bonchev–Trinajstić information content (AvgIpc) is 2.48. The van der Waals surface area contributed by atoms with E-state index in [9.17, 15) is 4.79 Å². The Hall–Kier alpha value is -2.80. The maximum atomic E-state index is 11.8. The summed E-state index contributed by atoms with van der Waals surface area (Å²) in [5.74, 6) is -0.0582. The molecular weight excluding hydrogens is 250 g/mol. The van der Waals surface area contributed by atoms with Gasteiger partial charge in [0.25, 0.3) is 0 Å². The summed E-state index contributed by atoms with van der Waals surface area (Å²) in [4.78, 5) is 11.8. The average molecular weight is 265 g/mol. The number of carbonyl (C=O) groups is 1. The Bertz CT molecular complexity index is 642. The molecule has 0 aliphatic rings. The highest BCUT2D eigenvalue weighted by atomic mass is 16.1. The number of nitriles is 1. The summed E-state index contributed by atoms with van der Waals surface area (Å²) < 4.78 is 0. The Balaban J connectivity index is 1.89. The second-order valence-electron chi connectivity index (χ2n) is 4.51. The van der Waals surface area contributed by atoms with Gasteiger partial charge in [-0.05, 0) is 35.4 Å². The predicted octanol–water partition coefficient (Wildman–Crippen LogP) is 2.00. The van der Waals surface area contributed by atoms with Crippen molar-refractivity contribution in [2.75, 3.05) is 5.73 Å². The minimum Gasteiger partial charge on any atom is -0.399 e. The molecule has 0 saturated carbocycles. The molecule has 0 radical (unpaired) electrons. The zero-order valence-electron chi connectivity index (χ0n) is 11.0. The highest BCUT2D eigenvalue weighted by Gasteiger charge is 2.03. The monoisotopic (exact) mass is 265 g/mol. The molecule has 0 aliphatic heterocycles. The van der Waals surface area contributed by atoms with Gasteiger partial charge in [-0.25, -0.2) is 0 Å². The Kier molecular flexibility index (Phi) is 4.35. The number of hydrogen-bond donors (Lipinski definition) is 2. The predicted molar refractivity (Wildman–Crippen MR) is 77.6 cm³/mol. The van der Waals surface area contributed by atoms with Crippen molar-refractivity contribution in [2.45, 2.75) is 13.0 Å². The van der Waals surface area contributed by atoms with Crippen LogP contribution in [0.5, 0.6) is 0 Å². The number of hydrogen-bond acceptors (Lipinski definition) is 3. The van der Waals surface area contributed by atoms with Crippen LogP contribution in [0.2, 0.25) is 0 Å². The second-order valence-corrected chi connectivity index (χ2v) is 4.51. The normalized spacial score (nSPS) is 9.75. The molecule has 0 heterocycles.